The Morgan fingerprint density at radius 2 is 1.57 bits per heavy atom. The maximum atomic E-state index is 9.51. The fourth-order valence-electron chi connectivity index (χ4n) is 3.83. The van der Waals surface area contributed by atoms with Gasteiger partial charge in [0.2, 0.25) is 5.95 Å². The number of anilines is 2. The molecule has 0 unspecified atom stereocenters. The maximum Gasteiger partial charge on any atom is 0.227 e. The number of phenols is 1. The summed E-state index contributed by atoms with van der Waals surface area (Å²) in [5.74, 6) is 1.81. The molecule has 1 aliphatic heterocycles. The van der Waals surface area contributed by atoms with Crippen LogP contribution in [-0.2, 0) is 0 Å². The Balaban J connectivity index is 1.42. The Morgan fingerprint density at radius 1 is 0.833 bits per heavy atom. The first kappa shape index (κ1) is 18.4. The van der Waals surface area contributed by atoms with Gasteiger partial charge in [-0.2, -0.15) is 4.98 Å². The molecular weight excluding hydrogens is 378 g/mol. The van der Waals surface area contributed by atoms with Gasteiger partial charge < -0.3 is 14.9 Å². The normalized spacial score (nSPS) is 14.5. The first-order valence-corrected chi connectivity index (χ1v) is 10.0. The first-order chi connectivity index (χ1) is 14.6. The van der Waals surface area contributed by atoms with Crippen LogP contribution >= 0.6 is 0 Å². The maximum absolute atomic E-state index is 9.51. The summed E-state index contributed by atoms with van der Waals surface area (Å²) in [7, 11) is 0. The third kappa shape index (κ3) is 3.30. The van der Waals surface area contributed by atoms with Crippen LogP contribution < -0.4 is 9.80 Å². The fourth-order valence-corrected chi connectivity index (χ4v) is 3.83. The minimum Gasteiger partial charge on any atom is -0.508 e. The van der Waals surface area contributed by atoms with Crippen molar-refractivity contribution in [2.75, 3.05) is 36.0 Å². The quantitative estimate of drug-likeness (QED) is 0.565. The summed E-state index contributed by atoms with van der Waals surface area (Å²) in [5, 5.41) is 9.51. The molecule has 3 aromatic heterocycles. The molecule has 5 rings (SSSR count). The smallest absolute Gasteiger partial charge is 0.227 e. The Morgan fingerprint density at radius 3 is 2.30 bits per heavy atom. The number of aromatic hydroxyl groups is 1. The summed E-state index contributed by atoms with van der Waals surface area (Å²) in [6, 6.07) is 13.3. The molecule has 1 N–H and O–H groups in total. The number of rotatable bonds is 3. The third-order valence-corrected chi connectivity index (χ3v) is 5.46. The van der Waals surface area contributed by atoms with Crippen LogP contribution in [0.15, 0.2) is 48.8 Å². The highest BCUT2D eigenvalue weighted by Crippen LogP contribution is 2.24. The van der Waals surface area contributed by atoms with Crippen molar-refractivity contribution in [3.8, 4) is 11.6 Å². The van der Waals surface area contributed by atoms with Crippen molar-refractivity contribution in [1.82, 2.24) is 24.5 Å². The molecule has 0 amide bonds. The van der Waals surface area contributed by atoms with E-state index in [1.165, 1.54) is 0 Å². The third-order valence-electron chi connectivity index (χ3n) is 5.46. The topological polar surface area (TPSA) is 83.2 Å². The molecule has 8 heteroatoms. The van der Waals surface area contributed by atoms with E-state index in [2.05, 4.69) is 19.8 Å². The van der Waals surface area contributed by atoms with Crippen molar-refractivity contribution < 1.29 is 5.11 Å². The second-order valence-electron chi connectivity index (χ2n) is 7.52. The molecule has 4 aromatic rings. The zero-order chi connectivity index (χ0) is 20.7. The van der Waals surface area contributed by atoms with Gasteiger partial charge in [0.25, 0.3) is 0 Å². The summed E-state index contributed by atoms with van der Waals surface area (Å²) in [6.45, 7) is 7.32. The molecule has 0 bridgehead atoms. The lowest BCUT2D eigenvalue weighted by Crippen LogP contribution is -2.47. The predicted octanol–water partition coefficient (Wildman–Crippen LogP) is 2.86. The van der Waals surface area contributed by atoms with E-state index in [1.807, 2.05) is 48.7 Å². The van der Waals surface area contributed by atoms with Gasteiger partial charge >= 0.3 is 0 Å². The average molecular weight is 401 g/mol. The molecule has 0 spiro atoms. The molecule has 1 fully saturated rings. The number of fused-ring (bicyclic) bond motifs is 1. The van der Waals surface area contributed by atoms with Crippen LogP contribution in [0.4, 0.5) is 11.6 Å². The number of aromatic nitrogens is 5. The monoisotopic (exact) mass is 401 g/mol. The number of piperazine rings is 1. The molecule has 30 heavy (non-hydrogen) atoms. The lowest BCUT2D eigenvalue weighted by Gasteiger charge is -2.36. The number of nitrogens with zero attached hydrogens (tertiary/aromatic N) is 7. The van der Waals surface area contributed by atoms with Crippen molar-refractivity contribution >= 4 is 22.8 Å². The van der Waals surface area contributed by atoms with E-state index in [-0.39, 0.29) is 5.75 Å². The van der Waals surface area contributed by atoms with E-state index in [0.29, 0.717) is 0 Å². The van der Waals surface area contributed by atoms with Gasteiger partial charge in [0.1, 0.15) is 23.4 Å². The van der Waals surface area contributed by atoms with Crippen molar-refractivity contribution in [3.05, 3.63) is 60.2 Å². The highest BCUT2D eigenvalue weighted by atomic mass is 16.3. The van der Waals surface area contributed by atoms with Crippen molar-refractivity contribution in [3.63, 3.8) is 0 Å². The van der Waals surface area contributed by atoms with E-state index in [4.69, 9.17) is 9.97 Å². The van der Waals surface area contributed by atoms with Gasteiger partial charge in [-0.15, -0.1) is 0 Å². The molecule has 1 aliphatic rings. The van der Waals surface area contributed by atoms with E-state index in [1.54, 1.807) is 18.5 Å². The van der Waals surface area contributed by atoms with Crippen LogP contribution in [0.1, 0.15) is 11.4 Å². The second-order valence-corrected chi connectivity index (χ2v) is 7.52. The van der Waals surface area contributed by atoms with Gasteiger partial charge in [-0.25, -0.2) is 15.0 Å². The van der Waals surface area contributed by atoms with Crippen molar-refractivity contribution in [1.29, 1.82) is 0 Å². The van der Waals surface area contributed by atoms with E-state index in [0.717, 1.165) is 66.2 Å². The fraction of sp³-hybridized carbons (Fsp3) is 0.273. The summed E-state index contributed by atoms with van der Waals surface area (Å²) in [5.41, 5.74) is 4.50. The number of pyridine rings is 1. The highest BCUT2D eigenvalue weighted by Gasteiger charge is 2.21. The Kier molecular flexibility index (Phi) is 4.46. The number of aryl methyl sites for hydroxylation is 2. The standard InChI is InChI=1S/C22H23N7O/c1-15-4-3-5-19(24-15)29-14-23-20-16(2)25-22(26-21(20)29)28-12-10-27(11-13-28)17-6-8-18(30)9-7-17/h3-9,14,30H,10-13H2,1-2H3. The van der Waals surface area contributed by atoms with Crippen LogP contribution in [0.2, 0.25) is 0 Å². The Bertz CT molecular complexity index is 1190. The number of imidazole rings is 1. The van der Waals surface area contributed by atoms with Crippen LogP contribution in [0, 0.1) is 13.8 Å². The van der Waals surface area contributed by atoms with E-state index < -0.39 is 0 Å². The molecule has 1 saturated heterocycles. The van der Waals surface area contributed by atoms with Gasteiger partial charge in [0.15, 0.2) is 5.65 Å². The van der Waals surface area contributed by atoms with Gasteiger partial charge in [-0.05, 0) is 50.2 Å². The lowest BCUT2D eigenvalue weighted by molar-refractivity contribution is 0.475. The van der Waals surface area contributed by atoms with Gasteiger partial charge in [0.05, 0.1) is 5.69 Å². The van der Waals surface area contributed by atoms with Gasteiger partial charge in [0, 0.05) is 37.6 Å². The average Bonchev–Trinajstić information content (AvgIpc) is 3.19. The number of benzene rings is 1. The van der Waals surface area contributed by atoms with E-state index in [9.17, 15) is 5.11 Å². The molecule has 0 radical (unpaired) electrons. The molecule has 4 heterocycles. The lowest BCUT2D eigenvalue weighted by atomic mass is 10.2. The number of hydrogen-bond acceptors (Lipinski definition) is 7. The molecule has 1 aromatic carbocycles. The summed E-state index contributed by atoms with van der Waals surface area (Å²) in [6.07, 6.45) is 1.76. The largest absolute Gasteiger partial charge is 0.508 e. The Hall–Kier alpha value is -3.68. The SMILES string of the molecule is Cc1cccc(-n2cnc3c(C)nc(N4CCN(c5ccc(O)cc5)CC4)nc32)n1. The molecular formula is C22H23N7O. The highest BCUT2D eigenvalue weighted by molar-refractivity contribution is 5.76. The first-order valence-electron chi connectivity index (χ1n) is 10.0. The zero-order valence-corrected chi connectivity index (χ0v) is 17.0. The van der Waals surface area contributed by atoms with Crippen LogP contribution in [0.3, 0.4) is 0 Å². The number of phenolic OH excluding ortho intramolecular Hbond substituents is 1. The van der Waals surface area contributed by atoms with Crippen molar-refractivity contribution in [2.24, 2.45) is 0 Å². The minimum absolute atomic E-state index is 0.286. The van der Waals surface area contributed by atoms with Gasteiger partial charge in [-0.1, -0.05) is 6.07 Å². The molecule has 0 aliphatic carbocycles. The zero-order valence-electron chi connectivity index (χ0n) is 17.0. The number of hydrogen-bond donors (Lipinski definition) is 1. The molecule has 8 nitrogen and oxygen atoms in total. The molecule has 0 atom stereocenters. The van der Waals surface area contributed by atoms with Crippen LogP contribution in [-0.4, -0.2) is 55.8 Å². The predicted molar refractivity (Wildman–Crippen MR) is 116 cm³/mol. The molecule has 152 valence electrons. The summed E-state index contributed by atoms with van der Waals surface area (Å²) < 4.78 is 1.92. The minimum atomic E-state index is 0.286. The summed E-state index contributed by atoms with van der Waals surface area (Å²) in [4.78, 5) is 23.2. The van der Waals surface area contributed by atoms with E-state index >= 15 is 0 Å². The molecule has 0 saturated carbocycles. The van der Waals surface area contributed by atoms with Crippen LogP contribution in [0.25, 0.3) is 17.0 Å². The van der Waals surface area contributed by atoms with Gasteiger partial charge in [-0.3, -0.25) is 4.57 Å². The second kappa shape index (κ2) is 7.29. The van der Waals surface area contributed by atoms with Crippen LogP contribution in [0.5, 0.6) is 5.75 Å². The summed E-state index contributed by atoms with van der Waals surface area (Å²) >= 11 is 0. The van der Waals surface area contributed by atoms with Crippen molar-refractivity contribution in [2.45, 2.75) is 13.8 Å². The Labute approximate surface area is 174 Å².